The van der Waals surface area contributed by atoms with E-state index in [-0.39, 0.29) is 30.6 Å². The van der Waals surface area contributed by atoms with Crippen LogP contribution in [0.5, 0.6) is 0 Å². The zero-order valence-electron chi connectivity index (χ0n) is 11.7. The van der Waals surface area contributed by atoms with Crippen molar-refractivity contribution in [2.45, 2.75) is 37.4 Å². The molecule has 2 aliphatic rings. The second-order valence-electron chi connectivity index (χ2n) is 5.76. The third kappa shape index (κ3) is 2.93. The summed E-state index contributed by atoms with van der Waals surface area (Å²) in [6.07, 6.45) is 2.98. The van der Waals surface area contributed by atoms with Gasteiger partial charge in [-0.1, -0.05) is 30.3 Å². The van der Waals surface area contributed by atoms with Gasteiger partial charge in [0.1, 0.15) is 0 Å². The molecule has 3 rings (SSSR count). The van der Waals surface area contributed by atoms with Crippen LogP contribution in [0.25, 0.3) is 0 Å². The van der Waals surface area contributed by atoms with E-state index in [1.807, 2.05) is 6.07 Å². The Balaban J connectivity index is 1.60. The minimum atomic E-state index is -0.925. The number of hydrogen-bond acceptors (Lipinski definition) is 3. The lowest BCUT2D eigenvalue weighted by Gasteiger charge is -2.20. The Morgan fingerprint density at radius 1 is 1.29 bits per heavy atom. The summed E-state index contributed by atoms with van der Waals surface area (Å²) in [6, 6.07) is 8.98. The molecule has 2 saturated heterocycles. The van der Waals surface area contributed by atoms with Crippen LogP contribution in [0.3, 0.4) is 0 Å². The standard InChI is InChI=1S/C16H19NO4/c18-15(12-8-11-6-7-14(12)21-11)17-9-13(16(19)20)10-4-2-1-3-5-10/h1-5,11-14H,6-9H2,(H,17,18)(H,19,20). The van der Waals surface area contributed by atoms with Crippen LogP contribution in [0.1, 0.15) is 30.7 Å². The van der Waals surface area contributed by atoms with Gasteiger partial charge in [0.05, 0.1) is 24.0 Å². The average molecular weight is 289 g/mol. The van der Waals surface area contributed by atoms with Gasteiger partial charge in [-0.2, -0.15) is 0 Å². The van der Waals surface area contributed by atoms with Crippen LogP contribution >= 0.6 is 0 Å². The fourth-order valence-electron chi connectivity index (χ4n) is 3.28. The van der Waals surface area contributed by atoms with Gasteiger partial charge >= 0.3 is 5.97 Å². The Morgan fingerprint density at radius 3 is 2.62 bits per heavy atom. The predicted molar refractivity (Wildman–Crippen MR) is 75.8 cm³/mol. The van der Waals surface area contributed by atoms with E-state index in [0.29, 0.717) is 5.56 Å². The molecule has 2 fully saturated rings. The molecule has 0 aromatic heterocycles. The normalized spacial score (nSPS) is 28.3. The van der Waals surface area contributed by atoms with Gasteiger partial charge in [0.25, 0.3) is 0 Å². The molecule has 1 amide bonds. The van der Waals surface area contributed by atoms with Gasteiger partial charge < -0.3 is 15.2 Å². The number of ether oxygens (including phenoxy) is 1. The first-order chi connectivity index (χ1) is 10.1. The van der Waals surface area contributed by atoms with Crippen LogP contribution in [0.15, 0.2) is 30.3 Å². The Hall–Kier alpha value is -1.88. The van der Waals surface area contributed by atoms with Crippen LogP contribution in [0, 0.1) is 5.92 Å². The minimum Gasteiger partial charge on any atom is -0.481 e. The summed E-state index contributed by atoms with van der Waals surface area (Å²) in [6.45, 7) is 0.117. The van der Waals surface area contributed by atoms with Gasteiger partial charge in [-0.15, -0.1) is 0 Å². The second kappa shape index (κ2) is 5.85. The fraction of sp³-hybridized carbons (Fsp3) is 0.500. The highest BCUT2D eigenvalue weighted by molar-refractivity contribution is 5.82. The summed E-state index contributed by atoms with van der Waals surface area (Å²) in [4.78, 5) is 23.6. The molecule has 5 heteroatoms. The van der Waals surface area contributed by atoms with E-state index >= 15 is 0 Å². The van der Waals surface area contributed by atoms with Crippen molar-refractivity contribution in [3.8, 4) is 0 Å². The molecule has 1 aromatic rings. The van der Waals surface area contributed by atoms with Crippen molar-refractivity contribution < 1.29 is 19.4 Å². The molecule has 4 unspecified atom stereocenters. The van der Waals surface area contributed by atoms with E-state index in [1.165, 1.54) is 0 Å². The topological polar surface area (TPSA) is 75.6 Å². The number of hydrogen-bond donors (Lipinski definition) is 2. The average Bonchev–Trinajstić information content (AvgIpc) is 3.11. The predicted octanol–water partition coefficient (Wildman–Crippen LogP) is 1.54. The SMILES string of the molecule is O=C(O)C(CNC(=O)C1CC2CCC1O2)c1ccccc1. The number of amides is 1. The van der Waals surface area contributed by atoms with Crippen molar-refractivity contribution in [1.29, 1.82) is 0 Å². The summed E-state index contributed by atoms with van der Waals surface area (Å²) >= 11 is 0. The quantitative estimate of drug-likeness (QED) is 0.862. The number of carboxylic acids is 1. The lowest BCUT2D eigenvalue weighted by Crippen LogP contribution is -2.39. The molecule has 0 aliphatic carbocycles. The zero-order valence-corrected chi connectivity index (χ0v) is 11.7. The van der Waals surface area contributed by atoms with E-state index in [4.69, 9.17) is 4.74 Å². The molecule has 2 N–H and O–H groups in total. The maximum atomic E-state index is 12.2. The third-order valence-electron chi connectivity index (χ3n) is 4.42. The molecule has 0 spiro atoms. The van der Waals surface area contributed by atoms with Gasteiger partial charge in [-0.3, -0.25) is 9.59 Å². The van der Waals surface area contributed by atoms with Crippen LogP contribution in [-0.2, 0) is 14.3 Å². The largest absolute Gasteiger partial charge is 0.481 e. The maximum absolute atomic E-state index is 12.2. The number of carboxylic acid groups (broad SMARTS) is 1. The summed E-state index contributed by atoms with van der Waals surface area (Å²) in [5, 5.41) is 12.1. The summed E-state index contributed by atoms with van der Waals surface area (Å²) < 4.78 is 5.67. The molecule has 112 valence electrons. The number of benzene rings is 1. The van der Waals surface area contributed by atoms with Crippen LogP contribution in [0.2, 0.25) is 0 Å². The molecule has 2 heterocycles. The molecular formula is C16H19NO4. The van der Waals surface area contributed by atoms with E-state index in [1.54, 1.807) is 24.3 Å². The van der Waals surface area contributed by atoms with Crippen molar-refractivity contribution in [3.05, 3.63) is 35.9 Å². The summed E-state index contributed by atoms with van der Waals surface area (Å²) in [5.74, 6) is -1.83. The number of fused-ring (bicyclic) bond motifs is 2. The molecule has 2 bridgehead atoms. The molecule has 0 saturated carbocycles. The van der Waals surface area contributed by atoms with Gasteiger partial charge in [-0.25, -0.2) is 0 Å². The third-order valence-corrected chi connectivity index (χ3v) is 4.42. The first kappa shape index (κ1) is 14.1. The molecule has 2 aliphatic heterocycles. The molecule has 21 heavy (non-hydrogen) atoms. The van der Waals surface area contributed by atoms with Gasteiger partial charge in [0.2, 0.25) is 5.91 Å². The van der Waals surface area contributed by atoms with Gasteiger partial charge in [0, 0.05) is 6.54 Å². The fourth-order valence-corrected chi connectivity index (χ4v) is 3.28. The highest BCUT2D eigenvalue weighted by Crippen LogP contribution is 2.38. The second-order valence-corrected chi connectivity index (χ2v) is 5.76. The molecule has 0 radical (unpaired) electrons. The summed E-state index contributed by atoms with van der Waals surface area (Å²) in [5.41, 5.74) is 0.703. The summed E-state index contributed by atoms with van der Waals surface area (Å²) in [7, 11) is 0. The van der Waals surface area contributed by atoms with E-state index in [0.717, 1.165) is 19.3 Å². The van der Waals surface area contributed by atoms with Crippen LogP contribution in [-0.4, -0.2) is 35.7 Å². The highest BCUT2D eigenvalue weighted by Gasteiger charge is 2.44. The highest BCUT2D eigenvalue weighted by atomic mass is 16.5. The van der Waals surface area contributed by atoms with Crippen molar-refractivity contribution in [2.24, 2.45) is 5.92 Å². The van der Waals surface area contributed by atoms with Gasteiger partial charge in [-0.05, 0) is 24.8 Å². The molecular weight excluding hydrogens is 270 g/mol. The maximum Gasteiger partial charge on any atom is 0.312 e. The Kier molecular flexibility index (Phi) is 3.92. The van der Waals surface area contributed by atoms with E-state index in [9.17, 15) is 14.7 Å². The first-order valence-corrected chi connectivity index (χ1v) is 7.36. The van der Waals surface area contributed by atoms with E-state index < -0.39 is 11.9 Å². The monoisotopic (exact) mass is 289 g/mol. The number of aliphatic carboxylic acids is 1. The minimum absolute atomic E-state index is 0.0232. The number of nitrogens with one attached hydrogen (secondary N) is 1. The molecule has 1 aromatic carbocycles. The Labute approximate surface area is 123 Å². The van der Waals surface area contributed by atoms with Crippen molar-refractivity contribution in [1.82, 2.24) is 5.32 Å². The number of carbonyl (C=O) groups is 2. The molecule has 5 nitrogen and oxygen atoms in total. The van der Waals surface area contributed by atoms with E-state index in [2.05, 4.69) is 5.32 Å². The Bertz CT molecular complexity index is 530. The Morgan fingerprint density at radius 2 is 2.05 bits per heavy atom. The van der Waals surface area contributed by atoms with Crippen LogP contribution in [0.4, 0.5) is 0 Å². The lowest BCUT2D eigenvalue weighted by atomic mass is 9.88. The van der Waals surface area contributed by atoms with Crippen molar-refractivity contribution in [3.63, 3.8) is 0 Å². The lowest BCUT2D eigenvalue weighted by molar-refractivity contribution is -0.138. The van der Waals surface area contributed by atoms with Crippen molar-refractivity contribution in [2.75, 3.05) is 6.54 Å². The first-order valence-electron chi connectivity index (χ1n) is 7.36. The van der Waals surface area contributed by atoms with Crippen molar-refractivity contribution >= 4 is 11.9 Å². The van der Waals surface area contributed by atoms with Crippen LogP contribution < -0.4 is 5.32 Å². The number of rotatable bonds is 5. The molecule has 4 atom stereocenters. The van der Waals surface area contributed by atoms with Gasteiger partial charge in [0.15, 0.2) is 0 Å². The number of carbonyl (C=O) groups excluding carboxylic acids is 1. The smallest absolute Gasteiger partial charge is 0.312 e. The zero-order chi connectivity index (χ0) is 14.8.